The molecule has 1 amide bonds. The SMILES string of the molecule is CCCC1=NC(=O)C(C#N)C(C(=O)OCC)=C1. The van der Waals surface area contributed by atoms with Crippen LogP contribution in [-0.4, -0.2) is 24.2 Å². The fourth-order valence-electron chi connectivity index (χ4n) is 1.53. The molecule has 0 radical (unpaired) electrons. The highest BCUT2D eigenvalue weighted by molar-refractivity contribution is 6.14. The van der Waals surface area contributed by atoms with Crippen molar-refractivity contribution in [2.75, 3.05) is 6.61 Å². The Morgan fingerprint density at radius 2 is 2.29 bits per heavy atom. The molecule has 0 saturated carbocycles. The van der Waals surface area contributed by atoms with Gasteiger partial charge in [-0.1, -0.05) is 13.3 Å². The fraction of sp³-hybridized carbons (Fsp3) is 0.500. The van der Waals surface area contributed by atoms with Crippen LogP contribution in [0.15, 0.2) is 16.6 Å². The molecule has 1 aliphatic rings. The molecule has 1 unspecified atom stereocenters. The molecule has 0 aliphatic carbocycles. The maximum atomic E-state index is 11.6. The zero-order chi connectivity index (χ0) is 12.8. The number of nitrogens with zero attached hydrogens (tertiary/aromatic N) is 2. The number of rotatable bonds is 4. The minimum absolute atomic E-state index is 0.0952. The van der Waals surface area contributed by atoms with Gasteiger partial charge < -0.3 is 4.74 Å². The Balaban J connectivity index is 3.03. The summed E-state index contributed by atoms with van der Waals surface area (Å²) < 4.78 is 4.82. The summed E-state index contributed by atoms with van der Waals surface area (Å²) >= 11 is 0. The van der Waals surface area contributed by atoms with Crippen LogP contribution in [0.5, 0.6) is 0 Å². The van der Waals surface area contributed by atoms with Crippen molar-refractivity contribution in [3.8, 4) is 6.07 Å². The first kappa shape index (κ1) is 13.1. The number of esters is 1. The molecule has 90 valence electrons. The lowest BCUT2D eigenvalue weighted by molar-refractivity contribution is -0.140. The van der Waals surface area contributed by atoms with Crippen LogP contribution in [0.3, 0.4) is 0 Å². The molecule has 17 heavy (non-hydrogen) atoms. The molecular weight excluding hydrogens is 220 g/mol. The van der Waals surface area contributed by atoms with Crippen molar-refractivity contribution in [1.29, 1.82) is 5.26 Å². The minimum atomic E-state index is -1.13. The van der Waals surface area contributed by atoms with Gasteiger partial charge in [0.2, 0.25) is 0 Å². The predicted octanol–water partition coefficient (Wildman–Crippen LogP) is 1.40. The lowest BCUT2D eigenvalue weighted by atomic mass is 9.94. The monoisotopic (exact) mass is 234 g/mol. The van der Waals surface area contributed by atoms with Gasteiger partial charge >= 0.3 is 5.97 Å². The molecule has 0 bridgehead atoms. The second-order valence-corrected chi connectivity index (χ2v) is 3.57. The second-order valence-electron chi connectivity index (χ2n) is 3.57. The van der Waals surface area contributed by atoms with Crippen molar-refractivity contribution in [3.63, 3.8) is 0 Å². The van der Waals surface area contributed by atoms with Crippen molar-refractivity contribution >= 4 is 17.6 Å². The number of carbonyl (C=O) groups is 2. The van der Waals surface area contributed by atoms with E-state index in [9.17, 15) is 9.59 Å². The van der Waals surface area contributed by atoms with Crippen molar-refractivity contribution in [2.45, 2.75) is 26.7 Å². The van der Waals surface area contributed by atoms with Gasteiger partial charge in [0.25, 0.3) is 5.91 Å². The Bertz CT molecular complexity index is 430. The number of ether oxygens (including phenoxy) is 1. The van der Waals surface area contributed by atoms with Gasteiger partial charge in [-0.3, -0.25) is 4.79 Å². The number of carbonyl (C=O) groups excluding carboxylic acids is 2. The molecule has 0 saturated heterocycles. The quantitative estimate of drug-likeness (QED) is 0.688. The molecule has 5 nitrogen and oxygen atoms in total. The van der Waals surface area contributed by atoms with Crippen molar-refractivity contribution in [3.05, 3.63) is 11.6 Å². The summed E-state index contributed by atoms with van der Waals surface area (Å²) in [6.45, 7) is 3.83. The van der Waals surface area contributed by atoms with Gasteiger partial charge in [0, 0.05) is 5.71 Å². The average molecular weight is 234 g/mol. The molecule has 0 aromatic rings. The van der Waals surface area contributed by atoms with Crippen LogP contribution < -0.4 is 0 Å². The van der Waals surface area contributed by atoms with E-state index < -0.39 is 17.8 Å². The lowest BCUT2D eigenvalue weighted by Crippen LogP contribution is -2.26. The summed E-state index contributed by atoms with van der Waals surface area (Å²) in [6.07, 6.45) is 2.92. The van der Waals surface area contributed by atoms with Gasteiger partial charge in [-0.25, -0.2) is 9.79 Å². The van der Waals surface area contributed by atoms with Gasteiger partial charge in [0.1, 0.15) is 0 Å². The summed E-state index contributed by atoms with van der Waals surface area (Å²) in [7, 11) is 0. The van der Waals surface area contributed by atoms with E-state index in [-0.39, 0.29) is 12.2 Å². The molecule has 5 heteroatoms. The van der Waals surface area contributed by atoms with Gasteiger partial charge in [-0.15, -0.1) is 0 Å². The Labute approximate surface area is 99.8 Å². The Morgan fingerprint density at radius 3 is 2.82 bits per heavy atom. The van der Waals surface area contributed by atoms with Gasteiger partial charge in [-0.05, 0) is 19.4 Å². The summed E-state index contributed by atoms with van der Waals surface area (Å²) in [5.74, 6) is -2.33. The van der Waals surface area contributed by atoms with E-state index in [0.29, 0.717) is 12.1 Å². The van der Waals surface area contributed by atoms with E-state index in [1.165, 1.54) is 6.08 Å². The third kappa shape index (κ3) is 3.00. The predicted molar refractivity (Wildman–Crippen MR) is 61.2 cm³/mol. The molecule has 1 rings (SSSR count). The standard InChI is InChI=1S/C12H14N2O3/c1-3-5-8-6-9(12(16)17-4-2)10(7-13)11(15)14-8/h6,10H,3-5H2,1-2H3. The lowest BCUT2D eigenvalue weighted by Gasteiger charge is -2.15. The Hall–Kier alpha value is -1.96. The topological polar surface area (TPSA) is 79.5 Å². The van der Waals surface area contributed by atoms with E-state index >= 15 is 0 Å². The number of allylic oxidation sites excluding steroid dienone is 1. The number of dihydropyridines is 1. The van der Waals surface area contributed by atoms with Crippen molar-refractivity contribution in [2.24, 2.45) is 10.9 Å². The maximum absolute atomic E-state index is 11.6. The molecule has 1 heterocycles. The summed E-state index contributed by atoms with van der Waals surface area (Å²) in [4.78, 5) is 27.0. The molecule has 1 atom stereocenters. The number of hydrogen-bond donors (Lipinski definition) is 0. The zero-order valence-electron chi connectivity index (χ0n) is 9.90. The molecular formula is C12H14N2O3. The van der Waals surface area contributed by atoms with Crippen molar-refractivity contribution in [1.82, 2.24) is 0 Å². The molecule has 0 fully saturated rings. The highest BCUT2D eigenvalue weighted by Gasteiger charge is 2.32. The molecule has 0 aromatic carbocycles. The first-order valence-corrected chi connectivity index (χ1v) is 5.53. The molecule has 0 N–H and O–H groups in total. The maximum Gasteiger partial charge on any atom is 0.335 e. The number of nitriles is 1. The smallest absolute Gasteiger partial charge is 0.335 e. The van der Waals surface area contributed by atoms with E-state index in [1.807, 2.05) is 6.92 Å². The van der Waals surface area contributed by atoms with Crippen LogP contribution in [0.1, 0.15) is 26.7 Å². The van der Waals surface area contributed by atoms with E-state index in [2.05, 4.69) is 4.99 Å². The van der Waals surface area contributed by atoms with E-state index in [0.717, 1.165) is 6.42 Å². The highest BCUT2D eigenvalue weighted by Crippen LogP contribution is 2.20. The van der Waals surface area contributed by atoms with Gasteiger partial charge in [0.05, 0.1) is 18.2 Å². The van der Waals surface area contributed by atoms with Crippen LogP contribution in [0.2, 0.25) is 0 Å². The molecule has 1 aliphatic heterocycles. The van der Waals surface area contributed by atoms with E-state index in [1.54, 1.807) is 13.0 Å². The van der Waals surface area contributed by atoms with Crippen LogP contribution in [0.4, 0.5) is 0 Å². The first-order chi connectivity index (χ1) is 8.13. The van der Waals surface area contributed by atoms with Crippen LogP contribution in [0, 0.1) is 17.2 Å². The Morgan fingerprint density at radius 1 is 1.59 bits per heavy atom. The van der Waals surface area contributed by atoms with Crippen LogP contribution in [0.25, 0.3) is 0 Å². The average Bonchev–Trinajstić information content (AvgIpc) is 2.29. The van der Waals surface area contributed by atoms with Crippen LogP contribution >= 0.6 is 0 Å². The third-order valence-electron chi connectivity index (χ3n) is 2.28. The van der Waals surface area contributed by atoms with Gasteiger partial charge in [-0.2, -0.15) is 5.26 Å². The fourth-order valence-corrected chi connectivity index (χ4v) is 1.53. The second kappa shape index (κ2) is 5.94. The number of hydrogen-bond acceptors (Lipinski definition) is 4. The Kier molecular flexibility index (Phi) is 4.58. The largest absolute Gasteiger partial charge is 0.463 e. The molecule has 0 spiro atoms. The minimum Gasteiger partial charge on any atom is -0.463 e. The normalized spacial score (nSPS) is 19.1. The van der Waals surface area contributed by atoms with Gasteiger partial charge in [0.15, 0.2) is 5.92 Å². The zero-order valence-corrected chi connectivity index (χ0v) is 9.90. The third-order valence-corrected chi connectivity index (χ3v) is 2.28. The highest BCUT2D eigenvalue weighted by atomic mass is 16.5. The van der Waals surface area contributed by atoms with Crippen LogP contribution in [-0.2, 0) is 14.3 Å². The molecule has 0 aromatic heterocycles. The number of aliphatic imine (C=N–C) groups is 1. The summed E-state index contributed by atoms with van der Waals surface area (Å²) in [5.41, 5.74) is 0.629. The first-order valence-electron chi connectivity index (χ1n) is 5.53. The van der Waals surface area contributed by atoms with E-state index in [4.69, 9.17) is 10.00 Å². The summed E-state index contributed by atoms with van der Waals surface area (Å²) in [6, 6.07) is 1.78. The summed E-state index contributed by atoms with van der Waals surface area (Å²) in [5, 5.41) is 8.88. The van der Waals surface area contributed by atoms with Crippen molar-refractivity contribution < 1.29 is 14.3 Å². The number of amides is 1.